The van der Waals surface area contributed by atoms with Crippen LogP contribution in [0.5, 0.6) is 0 Å². The lowest BCUT2D eigenvalue weighted by Gasteiger charge is -2.29. The van der Waals surface area contributed by atoms with Crippen LogP contribution >= 0.6 is 0 Å². The zero-order valence-corrected chi connectivity index (χ0v) is 8.46. The summed E-state index contributed by atoms with van der Waals surface area (Å²) >= 11 is 0. The molecule has 0 saturated carbocycles. The highest BCUT2D eigenvalue weighted by Crippen LogP contribution is 2.31. The summed E-state index contributed by atoms with van der Waals surface area (Å²) in [4.78, 5) is 12.9. The first-order valence-corrected chi connectivity index (χ1v) is 4.77. The summed E-state index contributed by atoms with van der Waals surface area (Å²) in [6, 6.07) is 2.06. The Bertz CT molecular complexity index is 460. The number of nitrogens with zero attached hydrogens (tertiary/aromatic N) is 1. The van der Waals surface area contributed by atoms with E-state index in [9.17, 15) is 13.6 Å². The summed E-state index contributed by atoms with van der Waals surface area (Å²) in [6.45, 7) is 3.87. The number of benzene rings is 1. The molecule has 0 saturated heterocycles. The highest BCUT2D eigenvalue weighted by Gasteiger charge is 2.24. The minimum Gasteiger partial charge on any atom is -0.374 e. The highest BCUT2D eigenvalue weighted by molar-refractivity contribution is 6.02. The third-order valence-electron chi connectivity index (χ3n) is 2.37. The van der Waals surface area contributed by atoms with Crippen LogP contribution in [0.2, 0.25) is 0 Å². The van der Waals surface area contributed by atoms with Crippen LogP contribution in [-0.2, 0) is 4.79 Å². The van der Waals surface area contributed by atoms with E-state index in [0.29, 0.717) is 11.4 Å². The zero-order valence-electron chi connectivity index (χ0n) is 8.46. The first-order chi connectivity index (χ1) is 7.63. The van der Waals surface area contributed by atoms with E-state index in [1.165, 1.54) is 11.0 Å². The molecule has 1 heterocycles. The van der Waals surface area contributed by atoms with Crippen molar-refractivity contribution >= 4 is 17.3 Å². The molecule has 84 valence electrons. The fourth-order valence-corrected chi connectivity index (χ4v) is 1.63. The average molecular weight is 224 g/mol. The fourth-order valence-electron chi connectivity index (χ4n) is 1.63. The highest BCUT2D eigenvalue weighted by atomic mass is 19.2. The third kappa shape index (κ3) is 1.64. The lowest BCUT2D eigenvalue weighted by Crippen LogP contribution is -2.40. The average Bonchev–Trinajstić information content (AvgIpc) is 2.25. The van der Waals surface area contributed by atoms with Gasteiger partial charge in [0.25, 0.3) is 0 Å². The van der Waals surface area contributed by atoms with Crippen LogP contribution in [0.1, 0.15) is 0 Å². The standard InChI is InChI=1S/C11H10F2N2O/c1-2-3-15-10-5-8(13)7(12)4-9(10)14-6-11(15)16/h2,4-5,14H,1,3,6H2. The summed E-state index contributed by atoms with van der Waals surface area (Å²) in [5.41, 5.74) is 0.760. The molecule has 5 heteroatoms. The van der Waals surface area contributed by atoms with Gasteiger partial charge in [-0.1, -0.05) is 6.08 Å². The molecule has 1 amide bonds. The van der Waals surface area contributed by atoms with Gasteiger partial charge in [0.15, 0.2) is 11.6 Å². The van der Waals surface area contributed by atoms with Gasteiger partial charge in [0.05, 0.1) is 17.9 Å². The predicted molar refractivity (Wildman–Crippen MR) is 57.4 cm³/mol. The Morgan fingerprint density at radius 1 is 1.44 bits per heavy atom. The lowest BCUT2D eigenvalue weighted by atomic mass is 10.2. The monoisotopic (exact) mass is 224 g/mol. The molecular weight excluding hydrogens is 214 g/mol. The Morgan fingerprint density at radius 3 is 2.81 bits per heavy atom. The molecule has 1 N–H and O–H groups in total. The lowest BCUT2D eigenvalue weighted by molar-refractivity contribution is -0.117. The Balaban J connectivity index is 2.50. The molecule has 0 atom stereocenters. The Hall–Kier alpha value is -1.91. The van der Waals surface area contributed by atoms with Crippen molar-refractivity contribution in [3.8, 4) is 0 Å². The second-order valence-electron chi connectivity index (χ2n) is 3.43. The van der Waals surface area contributed by atoms with E-state index in [4.69, 9.17) is 0 Å². The van der Waals surface area contributed by atoms with E-state index in [1.807, 2.05) is 0 Å². The van der Waals surface area contributed by atoms with E-state index < -0.39 is 11.6 Å². The van der Waals surface area contributed by atoms with Crippen molar-refractivity contribution in [1.29, 1.82) is 0 Å². The summed E-state index contributed by atoms with van der Waals surface area (Å²) in [5, 5.41) is 2.74. The molecule has 0 aliphatic carbocycles. The van der Waals surface area contributed by atoms with Crippen molar-refractivity contribution in [2.75, 3.05) is 23.3 Å². The predicted octanol–water partition coefficient (Wildman–Crippen LogP) is 1.91. The van der Waals surface area contributed by atoms with Gasteiger partial charge in [-0.3, -0.25) is 4.79 Å². The van der Waals surface area contributed by atoms with Gasteiger partial charge >= 0.3 is 0 Å². The molecule has 1 aromatic carbocycles. The SMILES string of the molecule is C=CCN1C(=O)CNc2cc(F)c(F)cc21. The number of anilines is 2. The Morgan fingerprint density at radius 2 is 2.12 bits per heavy atom. The molecule has 0 bridgehead atoms. The van der Waals surface area contributed by atoms with Gasteiger partial charge < -0.3 is 10.2 Å². The van der Waals surface area contributed by atoms with Gasteiger partial charge in [-0.05, 0) is 0 Å². The van der Waals surface area contributed by atoms with Gasteiger partial charge in [-0.2, -0.15) is 0 Å². The molecule has 1 aliphatic rings. The second-order valence-corrected chi connectivity index (χ2v) is 3.43. The number of carbonyl (C=O) groups excluding carboxylic acids is 1. The summed E-state index contributed by atoms with van der Waals surface area (Å²) < 4.78 is 26.1. The molecule has 0 aromatic heterocycles. The van der Waals surface area contributed by atoms with Crippen LogP contribution in [-0.4, -0.2) is 19.0 Å². The number of fused-ring (bicyclic) bond motifs is 1. The molecule has 0 spiro atoms. The summed E-state index contributed by atoms with van der Waals surface area (Å²) in [5.74, 6) is -2.10. The van der Waals surface area contributed by atoms with Crippen LogP contribution in [0.4, 0.5) is 20.2 Å². The zero-order chi connectivity index (χ0) is 11.7. The van der Waals surface area contributed by atoms with Crippen LogP contribution < -0.4 is 10.2 Å². The molecule has 3 nitrogen and oxygen atoms in total. The normalized spacial score (nSPS) is 14.4. The minimum absolute atomic E-state index is 0.0753. The molecule has 1 aliphatic heterocycles. The molecule has 0 radical (unpaired) electrons. The van der Waals surface area contributed by atoms with E-state index in [1.54, 1.807) is 0 Å². The Kier molecular flexibility index (Phi) is 2.60. The van der Waals surface area contributed by atoms with E-state index >= 15 is 0 Å². The first kappa shape index (κ1) is 10.6. The Labute approximate surface area is 91.4 Å². The smallest absolute Gasteiger partial charge is 0.246 e. The van der Waals surface area contributed by atoms with Gasteiger partial charge in [-0.25, -0.2) is 8.78 Å². The van der Waals surface area contributed by atoms with Crippen molar-refractivity contribution in [1.82, 2.24) is 0 Å². The molecule has 1 aromatic rings. The molecule has 0 fully saturated rings. The maximum atomic E-state index is 13.1. The number of halogens is 2. The first-order valence-electron chi connectivity index (χ1n) is 4.77. The van der Waals surface area contributed by atoms with Crippen molar-refractivity contribution < 1.29 is 13.6 Å². The van der Waals surface area contributed by atoms with Crippen LogP contribution in [0.25, 0.3) is 0 Å². The second kappa shape index (κ2) is 3.92. The number of amides is 1. The fraction of sp³-hybridized carbons (Fsp3) is 0.182. The number of carbonyl (C=O) groups is 1. The van der Waals surface area contributed by atoms with Gasteiger partial charge in [0.1, 0.15) is 0 Å². The van der Waals surface area contributed by atoms with E-state index in [2.05, 4.69) is 11.9 Å². The number of hydrogen-bond acceptors (Lipinski definition) is 2. The molecule has 0 unspecified atom stereocenters. The van der Waals surface area contributed by atoms with Gasteiger partial charge in [0.2, 0.25) is 5.91 Å². The van der Waals surface area contributed by atoms with Crippen LogP contribution in [0.15, 0.2) is 24.8 Å². The number of nitrogens with one attached hydrogen (secondary N) is 1. The molecular formula is C11H10F2N2O. The van der Waals surface area contributed by atoms with Gasteiger partial charge in [-0.15, -0.1) is 6.58 Å². The van der Waals surface area contributed by atoms with Gasteiger partial charge in [0, 0.05) is 18.7 Å². The third-order valence-corrected chi connectivity index (χ3v) is 2.37. The summed E-state index contributed by atoms with van der Waals surface area (Å²) in [7, 11) is 0. The van der Waals surface area contributed by atoms with Crippen LogP contribution in [0.3, 0.4) is 0 Å². The quantitative estimate of drug-likeness (QED) is 0.778. The minimum atomic E-state index is -0.968. The van der Waals surface area contributed by atoms with Crippen molar-refractivity contribution in [2.45, 2.75) is 0 Å². The van der Waals surface area contributed by atoms with Crippen molar-refractivity contribution in [2.24, 2.45) is 0 Å². The maximum Gasteiger partial charge on any atom is 0.246 e. The largest absolute Gasteiger partial charge is 0.374 e. The van der Waals surface area contributed by atoms with Crippen molar-refractivity contribution in [3.05, 3.63) is 36.4 Å². The van der Waals surface area contributed by atoms with Crippen LogP contribution in [0, 0.1) is 11.6 Å². The maximum absolute atomic E-state index is 13.1. The topological polar surface area (TPSA) is 32.3 Å². The molecule has 2 rings (SSSR count). The van der Waals surface area contributed by atoms with E-state index in [0.717, 1.165) is 12.1 Å². The molecule has 16 heavy (non-hydrogen) atoms. The summed E-state index contributed by atoms with van der Waals surface area (Å²) in [6.07, 6.45) is 1.54. The van der Waals surface area contributed by atoms with E-state index in [-0.39, 0.29) is 19.0 Å². The van der Waals surface area contributed by atoms with Crippen molar-refractivity contribution in [3.63, 3.8) is 0 Å². The number of hydrogen-bond donors (Lipinski definition) is 1. The number of rotatable bonds is 2.